The van der Waals surface area contributed by atoms with Crippen molar-refractivity contribution >= 4 is 21.6 Å². The zero-order valence-electron chi connectivity index (χ0n) is 6.60. The predicted molar refractivity (Wildman–Crippen MR) is 47.1 cm³/mol. The van der Waals surface area contributed by atoms with Gasteiger partial charge >= 0.3 is 6.36 Å². The van der Waals surface area contributed by atoms with Crippen molar-refractivity contribution in [1.82, 2.24) is 0 Å². The summed E-state index contributed by atoms with van der Waals surface area (Å²) in [4.78, 5) is 3.02. The van der Waals surface area contributed by atoms with E-state index in [4.69, 9.17) is 6.57 Å². The molecular weight excluding hydrogens is 263 g/mol. The maximum absolute atomic E-state index is 11.8. The SMILES string of the molecule is [C-]#[N+]c1cc(OC(F)(F)F)ccc1Br. The first kappa shape index (κ1) is 10.9. The molecule has 0 atom stereocenters. The summed E-state index contributed by atoms with van der Waals surface area (Å²) in [6.07, 6.45) is -4.73. The second-order valence-corrected chi connectivity index (χ2v) is 3.13. The Labute approximate surface area is 86.2 Å². The van der Waals surface area contributed by atoms with Crippen LogP contribution in [0, 0.1) is 6.57 Å². The standard InChI is InChI=1S/C8H3BrF3NO/c1-13-7-4-5(2-3-6(7)9)14-8(10,11)12/h2-4H. The van der Waals surface area contributed by atoms with Gasteiger partial charge in [0.2, 0.25) is 5.69 Å². The highest BCUT2D eigenvalue weighted by molar-refractivity contribution is 9.10. The number of hydrogen-bond donors (Lipinski definition) is 0. The lowest BCUT2D eigenvalue weighted by molar-refractivity contribution is -0.274. The minimum atomic E-state index is -4.73. The van der Waals surface area contributed by atoms with Gasteiger partial charge in [0, 0.05) is 4.47 Å². The molecule has 0 aliphatic rings. The third kappa shape index (κ3) is 2.92. The van der Waals surface area contributed by atoms with Gasteiger partial charge < -0.3 is 4.74 Å². The van der Waals surface area contributed by atoms with E-state index in [1.807, 2.05) is 0 Å². The number of benzene rings is 1. The fourth-order valence-corrected chi connectivity index (χ4v) is 1.11. The second kappa shape index (κ2) is 3.88. The summed E-state index contributed by atoms with van der Waals surface area (Å²) in [7, 11) is 0. The Hall–Kier alpha value is -1.22. The molecule has 0 N–H and O–H groups in total. The van der Waals surface area contributed by atoms with Crippen LogP contribution in [-0.4, -0.2) is 6.36 Å². The smallest absolute Gasteiger partial charge is 0.407 e. The number of alkyl halides is 3. The number of halogens is 4. The van der Waals surface area contributed by atoms with Crippen molar-refractivity contribution < 1.29 is 17.9 Å². The lowest BCUT2D eigenvalue weighted by Crippen LogP contribution is -2.16. The summed E-state index contributed by atoms with van der Waals surface area (Å²) in [6.45, 7) is 6.67. The second-order valence-electron chi connectivity index (χ2n) is 2.27. The summed E-state index contributed by atoms with van der Waals surface area (Å²) >= 11 is 3.02. The van der Waals surface area contributed by atoms with Crippen molar-refractivity contribution in [2.24, 2.45) is 0 Å². The van der Waals surface area contributed by atoms with Crippen LogP contribution in [0.25, 0.3) is 4.85 Å². The Morgan fingerprint density at radius 2 is 2.00 bits per heavy atom. The molecule has 0 aliphatic heterocycles. The van der Waals surface area contributed by atoms with Crippen LogP contribution in [0.3, 0.4) is 0 Å². The molecule has 1 aromatic carbocycles. The van der Waals surface area contributed by atoms with E-state index in [-0.39, 0.29) is 5.69 Å². The molecule has 0 radical (unpaired) electrons. The van der Waals surface area contributed by atoms with Crippen molar-refractivity contribution in [2.75, 3.05) is 0 Å². The minimum absolute atomic E-state index is 0.0757. The van der Waals surface area contributed by atoms with Crippen molar-refractivity contribution in [3.8, 4) is 5.75 Å². The molecule has 6 heteroatoms. The van der Waals surface area contributed by atoms with Crippen molar-refractivity contribution in [1.29, 1.82) is 0 Å². The van der Waals surface area contributed by atoms with Gasteiger partial charge in [-0.25, -0.2) is 4.85 Å². The molecule has 2 nitrogen and oxygen atoms in total. The van der Waals surface area contributed by atoms with Crippen molar-refractivity contribution in [3.63, 3.8) is 0 Å². The van der Waals surface area contributed by atoms with Gasteiger partial charge in [0.05, 0.1) is 6.57 Å². The molecule has 0 unspecified atom stereocenters. The number of nitrogens with zero attached hydrogens (tertiary/aromatic N) is 1. The van der Waals surface area contributed by atoms with Crippen LogP contribution in [0.2, 0.25) is 0 Å². The number of ether oxygens (including phenoxy) is 1. The number of hydrogen-bond acceptors (Lipinski definition) is 1. The van der Waals surface area contributed by atoms with Gasteiger partial charge in [-0.3, -0.25) is 0 Å². The van der Waals surface area contributed by atoms with Gasteiger partial charge in [-0.15, -0.1) is 13.2 Å². The average molecular weight is 266 g/mol. The highest BCUT2D eigenvalue weighted by atomic mass is 79.9. The van der Waals surface area contributed by atoms with E-state index >= 15 is 0 Å². The van der Waals surface area contributed by atoms with E-state index in [1.54, 1.807) is 0 Å². The first-order valence-electron chi connectivity index (χ1n) is 3.35. The lowest BCUT2D eigenvalue weighted by Gasteiger charge is -2.09. The van der Waals surface area contributed by atoms with Gasteiger partial charge in [-0.05, 0) is 12.1 Å². The van der Waals surface area contributed by atoms with Crippen LogP contribution in [0.1, 0.15) is 0 Å². The third-order valence-electron chi connectivity index (χ3n) is 1.27. The fraction of sp³-hybridized carbons (Fsp3) is 0.125. The Morgan fingerprint density at radius 3 is 2.50 bits per heavy atom. The van der Waals surface area contributed by atoms with E-state index in [0.29, 0.717) is 4.47 Å². The normalized spacial score (nSPS) is 10.8. The maximum Gasteiger partial charge on any atom is 0.573 e. The quantitative estimate of drug-likeness (QED) is 0.703. The fourth-order valence-electron chi connectivity index (χ4n) is 0.775. The summed E-state index contributed by atoms with van der Waals surface area (Å²) in [5.74, 6) is -0.397. The Balaban J connectivity index is 2.97. The molecular formula is C8H3BrF3NO. The Bertz CT molecular complexity index is 383. The zero-order chi connectivity index (χ0) is 10.8. The monoisotopic (exact) mass is 265 g/mol. The van der Waals surface area contributed by atoms with Crippen LogP contribution in [0.4, 0.5) is 18.9 Å². The Kier molecular flexibility index (Phi) is 3.01. The number of rotatable bonds is 1. The van der Waals surface area contributed by atoms with Gasteiger partial charge in [-0.1, -0.05) is 22.0 Å². The first-order chi connectivity index (χ1) is 6.42. The van der Waals surface area contributed by atoms with Crippen LogP contribution in [0.15, 0.2) is 22.7 Å². The molecule has 0 bridgehead atoms. The molecule has 1 aromatic rings. The van der Waals surface area contributed by atoms with Crippen LogP contribution in [-0.2, 0) is 0 Å². The van der Waals surface area contributed by atoms with Gasteiger partial charge in [-0.2, -0.15) is 0 Å². The molecule has 0 heterocycles. The molecule has 0 saturated heterocycles. The topological polar surface area (TPSA) is 13.6 Å². The summed E-state index contributed by atoms with van der Waals surface area (Å²) in [6, 6.07) is 3.48. The van der Waals surface area contributed by atoms with Crippen LogP contribution >= 0.6 is 15.9 Å². The largest absolute Gasteiger partial charge is 0.573 e. The van der Waals surface area contributed by atoms with Gasteiger partial charge in [0.15, 0.2) is 0 Å². The van der Waals surface area contributed by atoms with E-state index in [1.165, 1.54) is 6.07 Å². The third-order valence-corrected chi connectivity index (χ3v) is 1.94. The summed E-state index contributed by atoms with van der Waals surface area (Å²) in [5.41, 5.74) is 0.0757. The molecule has 0 fully saturated rings. The van der Waals surface area contributed by atoms with E-state index in [0.717, 1.165) is 12.1 Å². The molecule has 1 rings (SSSR count). The summed E-state index contributed by atoms with van der Waals surface area (Å²) < 4.78 is 39.4. The van der Waals surface area contributed by atoms with E-state index in [2.05, 4.69) is 25.5 Å². The molecule has 0 saturated carbocycles. The zero-order valence-corrected chi connectivity index (χ0v) is 8.19. The van der Waals surface area contributed by atoms with Gasteiger partial charge in [0.25, 0.3) is 0 Å². The summed E-state index contributed by atoms with van der Waals surface area (Å²) in [5, 5.41) is 0. The van der Waals surface area contributed by atoms with Crippen molar-refractivity contribution in [3.05, 3.63) is 34.1 Å². The van der Waals surface area contributed by atoms with Crippen molar-refractivity contribution in [2.45, 2.75) is 6.36 Å². The molecule has 0 amide bonds. The molecule has 74 valence electrons. The van der Waals surface area contributed by atoms with Crippen LogP contribution < -0.4 is 4.74 Å². The average Bonchev–Trinajstić information content (AvgIpc) is 2.06. The minimum Gasteiger partial charge on any atom is -0.407 e. The first-order valence-corrected chi connectivity index (χ1v) is 4.14. The highest BCUT2D eigenvalue weighted by Crippen LogP contribution is 2.32. The molecule has 0 spiro atoms. The molecule has 0 aromatic heterocycles. The van der Waals surface area contributed by atoms with Gasteiger partial charge in [0.1, 0.15) is 5.75 Å². The van der Waals surface area contributed by atoms with E-state index < -0.39 is 12.1 Å². The molecule has 14 heavy (non-hydrogen) atoms. The Morgan fingerprint density at radius 1 is 1.36 bits per heavy atom. The molecule has 0 aliphatic carbocycles. The lowest BCUT2D eigenvalue weighted by atomic mass is 10.3. The van der Waals surface area contributed by atoms with Crippen LogP contribution in [0.5, 0.6) is 5.75 Å². The predicted octanol–water partition coefficient (Wildman–Crippen LogP) is 3.90. The van der Waals surface area contributed by atoms with E-state index in [9.17, 15) is 13.2 Å². The maximum atomic E-state index is 11.8. The highest BCUT2D eigenvalue weighted by Gasteiger charge is 2.31.